The third-order valence-corrected chi connectivity index (χ3v) is 13.9. The predicted molar refractivity (Wildman–Crippen MR) is 249 cm³/mol. The minimum absolute atomic E-state index is 0.0122. The lowest BCUT2D eigenvalue weighted by Crippen LogP contribution is -2.58. The largest absolute Gasteiger partial charge is 0.480 e. The zero-order valence-corrected chi connectivity index (χ0v) is 38.0. The number of nitrogens with zero attached hydrogens (tertiary/aromatic N) is 3. The summed E-state index contributed by atoms with van der Waals surface area (Å²) in [5.74, 6) is -3.93. The molecule has 0 spiro atoms. The molecule has 18 nitrogen and oxygen atoms in total. The van der Waals surface area contributed by atoms with Crippen molar-refractivity contribution in [1.29, 1.82) is 0 Å². The van der Waals surface area contributed by atoms with Gasteiger partial charge in [-0.2, -0.15) is 4.72 Å². The number of aliphatic imine (C=N–C) groups is 1. The van der Waals surface area contributed by atoms with Crippen molar-refractivity contribution in [2.24, 2.45) is 22.4 Å². The molecule has 1 aliphatic carbocycles. The summed E-state index contributed by atoms with van der Waals surface area (Å²) < 4.78 is 31.3. The molecular weight excluding hydrogens is 853 g/mol. The van der Waals surface area contributed by atoms with Crippen molar-refractivity contribution in [3.63, 3.8) is 0 Å². The number of carboxylic acid groups (broad SMARTS) is 1. The Bertz CT molecular complexity index is 2500. The SMILES string of the molecule is C[C@H](NC(=O)[C@H](CCCN=C(N)N)NC(=O)[C@@H](CC1CCCCC1)NS(=O)(=O)c1cccc2c(N(C)C)cccc12)C(=O)N1CCC[C@H]1C(=O)N[C@@H](Cc1c[nH]c2ccccc12)C(=O)O. The summed E-state index contributed by atoms with van der Waals surface area (Å²) >= 11 is 0. The number of hydrogen-bond donors (Lipinski definition) is 8. The molecule has 350 valence electrons. The van der Waals surface area contributed by atoms with Gasteiger partial charge in [0.25, 0.3) is 0 Å². The van der Waals surface area contributed by atoms with Gasteiger partial charge in [0.05, 0.1) is 4.90 Å². The molecule has 10 N–H and O–H groups in total. The van der Waals surface area contributed by atoms with Gasteiger partial charge in [-0.3, -0.25) is 24.2 Å². The summed E-state index contributed by atoms with van der Waals surface area (Å²) in [4.78, 5) is 78.8. The van der Waals surface area contributed by atoms with Gasteiger partial charge in [-0.15, -0.1) is 0 Å². The third-order valence-electron chi connectivity index (χ3n) is 12.4. The number of rotatable bonds is 20. The van der Waals surface area contributed by atoms with E-state index < -0.39 is 69.8 Å². The molecule has 3 aromatic carbocycles. The summed E-state index contributed by atoms with van der Waals surface area (Å²) in [6.07, 6.45) is 7.58. The first-order valence-corrected chi connectivity index (χ1v) is 23.8. The van der Waals surface area contributed by atoms with E-state index in [2.05, 4.69) is 30.6 Å². The van der Waals surface area contributed by atoms with Crippen molar-refractivity contribution in [2.45, 2.75) is 113 Å². The molecule has 1 aliphatic heterocycles. The molecule has 1 saturated carbocycles. The van der Waals surface area contributed by atoms with Crippen LogP contribution >= 0.6 is 0 Å². The number of H-pyrrole nitrogens is 1. The van der Waals surface area contributed by atoms with E-state index in [1.54, 1.807) is 24.4 Å². The molecule has 2 heterocycles. The molecule has 5 atom stereocenters. The number of aromatic amines is 1. The number of carbonyl (C=O) groups is 5. The number of likely N-dealkylation sites (tertiary alicyclic amines) is 1. The molecule has 4 aromatic rings. The minimum Gasteiger partial charge on any atom is -0.480 e. The Balaban J connectivity index is 1.17. The van der Waals surface area contributed by atoms with Crippen molar-refractivity contribution in [3.05, 3.63) is 72.4 Å². The fraction of sp³-hybridized carbons (Fsp3) is 0.478. The van der Waals surface area contributed by atoms with E-state index in [-0.39, 0.29) is 62.0 Å². The number of nitrogens with two attached hydrogens (primary N) is 2. The van der Waals surface area contributed by atoms with E-state index >= 15 is 0 Å². The fourth-order valence-electron chi connectivity index (χ4n) is 9.07. The van der Waals surface area contributed by atoms with Gasteiger partial charge in [0.1, 0.15) is 30.2 Å². The number of hydrogen-bond acceptors (Lipinski definition) is 9. The zero-order chi connectivity index (χ0) is 46.8. The van der Waals surface area contributed by atoms with Crippen LogP contribution < -0.4 is 37.0 Å². The minimum atomic E-state index is -4.29. The van der Waals surface area contributed by atoms with Gasteiger partial charge in [0.15, 0.2) is 5.96 Å². The van der Waals surface area contributed by atoms with E-state index in [1.165, 1.54) is 17.9 Å². The van der Waals surface area contributed by atoms with Crippen LogP contribution in [0.4, 0.5) is 5.69 Å². The van der Waals surface area contributed by atoms with E-state index in [9.17, 15) is 37.5 Å². The van der Waals surface area contributed by atoms with Crippen LogP contribution in [0.15, 0.2) is 76.7 Å². The molecule has 4 amide bonds. The number of para-hydroxylation sites is 1. The highest BCUT2D eigenvalue weighted by Crippen LogP contribution is 2.32. The molecule has 6 rings (SSSR count). The standard InChI is InChI=1S/C46H62N10O8S/c1-28(44(60)56-24-12-21-39(56)43(59)53-37(45(61)62)26-30-27-50-34-18-8-7-15-31(30)34)51-41(57)35(19-11-23-49-46(47)48)52-42(58)36(25-29-13-5-4-6-14-29)54-65(63,64)40-22-10-16-32-33(40)17-9-20-38(32)55(2)3/h7-10,15-18,20,22,27-29,35-37,39,50,54H,4-6,11-14,19,21,23-26H2,1-3H3,(H,51,57)(H,52,58)(H,53,59)(H,61,62)(H4,47,48,49)/t28-,35-,36+,37-,39-/m0/s1. The second kappa shape index (κ2) is 21.6. The van der Waals surface area contributed by atoms with E-state index in [4.69, 9.17) is 11.5 Å². The third kappa shape index (κ3) is 12.1. The van der Waals surface area contributed by atoms with Gasteiger partial charge in [-0.05, 0) is 68.7 Å². The maximum absolute atomic E-state index is 14.4. The number of aromatic nitrogens is 1. The summed E-state index contributed by atoms with van der Waals surface area (Å²) in [7, 11) is -0.551. The second-order valence-corrected chi connectivity index (χ2v) is 19.0. The van der Waals surface area contributed by atoms with Gasteiger partial charge in [-0.25, -0.2) is 13.2 Å². The van der Waals surface area contributed by atoms with Crippen molar-refractivity contribution < 1.29 is 37.5 Å². The van der Waals surface area contributed by atoms with Crippen LogP contribution in [0.5, 0.6) is 0 Å². The molecule has 65 heavy (non-hydrogen) atoms. The Labute approximate surface area is 379 Å². The van der Waals surface area contributed by atoms with Gasteiger partial charge >= 0.3 is 5.97 Å². The molecule has 1 saturated heterocycles. The van der Waals surface area contributed by atoms with Crippen LogP contribution in [0.1, 0.15) is 76.7 Å². The average molecular weight is 915 g/mol. The van der Waals surface area contributed by atoms with Crippen LogP contribution in [-0.2, 0) is 40.4 Å². The lowest BCUT2D eigenvalue weighted by Gasteiger charge is -2.30. The normalized spacial score (nSPS) is 17.5. The molecule has 0 radical (unpaired) electrons. The number of carbonyl (C=O) groups excluding carboxylic acids is 4. The first-order valence-electron chi connectivity index (χ1n) is 22.3. The molecular formula is C46H62N10O8S. The Morgan fingerprint density at radius 3 is 2.26 bits per heavy atom. The predicted octanol–water partition coefficient (Wildman–Crippen LogP) is 2.85. The lowest BCUT2D eigenvalue weighted by molar-refractivity contribution is -0.144. The van der Waals surface area contributed by atoms with Crippen LogP contribution in [0.2, 0.25) is 0 Å². The summed E-state index contributed by atoms with van der Waals surface area (Å²) in [5, 5.41) is 20.2. The van der Waals surface area contributed by atoms with Gasteiger partial charge in [-0.1, -0.05) is 74.6 Å². The number of benzene rings is 3. The number of sulfonamides is 1. The monoisotopic (exact) mass is 914 g/mol. The number of anilines is 1. The maximum atomic E-state index is 14.4. The Morgan fingerprint density at radius 1 is 0.846 bits per heavy atom. The van der Waals surface area contributed by atoms with Crippen LogP contribution in [0.3, 0.4) is 0 Å². The Kier molecular flexibility index (Phi) is 16.1. The quantitative estimate of drug-likeness (QED) is 0.0363. The lowest BCUT2D eigenvalue weighted by atomic mass is 9.85. The van der Waals surface area contributed by atoms with Gasteiger partial charge in [0.2, 0.25) is 33.7 Å². The Hall–Kier alpha value is -6.21. The Morgan fingerprint density at radius 2 is 1.54 bits per heavy atom. The zero-order valence-electron chi connectivity index (χ0n) is 37.2. The number of amides is 4. The maximum Gasteiger partial charge on any atom is 0.326 e. The molecule has 0 unspecified atom stereocenters. The summed E-state index contributed by atoms with van der Waals surface area (Å²) in [6, 6.07) is 11.9. The molecule has 19 heteroatoms. The highest BCUT2D eigenvalue weighted by Gasteiger charge is 2.39. The van der Waals surface area contributed by atoms with Crippen LogP contribution in [0, 0.1) is 5.92 Å². The number of carboxylic acids is 1. The number of aliphatic carboxylic acids is 1. The van der Waals surface area contributed by atoms with Crippen LogP contribution in [0.25, 0.3) is 21.7 Å². The molecule has 2 aliphatic rings. The topological polar surface area (TPSA) is 275 Å². The van der Waals surface area contributed by atoms with E-state index in [0.717, 1.165) is 54.1 Å². The highest BCUT2D eigenvalue weighted by molar-refractivity contribution is 7.89. The molecule has 2 fully saturated rings. The first-order chi connectivity index (χ1) is 31.0. The average Bonchev–Trinajstić information content (AvgIpc) is 3.94. The fourth-order valence-corrected chi connectivity index (χ4v) is 10.5. The number of guanidine groups is 1. The van der Waals surface area contributed by atoms with Crippen molar-refractivity contribution in [3.8, 4) is 0 Å². The van der Waals surface area contributed by atoms with E-state index in [0.29, 0.717) is 17.4 Å². The van der Waals surface area contributed by atoms with Gasteiger partial charge in [0, 0.05) is 67.2 Å². The summed E-state index contributed by atoms with van der Waals surface area (Å²) in [5.41, 5.74) is 13.4. The van der Waals surface area contributed by atoms with Crippen molar-refractivity contribution in [1.82, 2.24) is 30.6 Å². The first kappa shape index (κ1) is 48.3. The van der Waals surface area contributed by atoms with Crippen molar-refractivity contribution in [2.75, 3.05) is 32.1 Å². The van der Waals surface area contributed by atoms with E-state index in [1.807, 2.05) is 55.4 Å². The highest BCUT2D eigenvalue weighted by atomic mass is 32.2. The molecule has 1 aromatic heterocycles. The van der Waals surface area contributed by atoms with Crippen molar-refractivity contribution >= 4 is 72.9 Å². The van der Waals surface area contributed by atoms with Gasteiger partial charge < -0.3 is 47.3 Å². The molecule has 0 bridgehead atoms. The smallest absolute Gasteiger partial charge is 0.326 e. The van der Waals surface area contributed by atoms with Crippen LogP contribution in [-0.4, -0.2) is 116 Å². The number of fused-ring (bicyclic) bond motifs is 2. The second-order valence-electron chi connectivity index (χ2n) is 17.3. The number of nitrogens with one attached hydrogen (secondary N) is 5. The summed E-state index contributed by atoms with van der Waals surface area (Å²) in [6.45, 7) is 1.80.